The molecule has 15 fully saturated rings. The van der Waals surface area contributed by atoms with Gasteiger partial charge < -0.3 is 40.8 Å². The van der Waals surface area contributed by atoms with E-state index in [9.17, 15) is 43.6 Å². The third-order valence-electron chi connectivity index (χ3n) is 31.5. The smallest absolute Gasteiger partial charge is 0.333 e. The second-order valence-corrected chi connectivity index (χ2v) is 36.6. The molecule has 15 aliphatic carbocycles. The van der Waals surface area contributed by atoms with Crippen molar-refractivity contribution in [3.8, 4) is 0 Å². The highest BCUT2D eigenvalue weighted by Crippen LogP contribution is 2.65. The van der Waals surface area contributed by atoms with Crippen LogP contribution in [0.3, 0.4) is 0 Å². The van der Waals surface area contributed by atoms with Gasteiger partial charge in [0.2, 0.25) is 17.7 Å². The number of nitrogens with one attached hydrogen (secondary N) is 1. The van der Waals surface area contributed by atoms with Crippen LogP contribution in [0.5, 0.6) is 0 Å². The number of rotatable bonds is 6. The number of nitrogens with two attached hydrogens (primary N) is 1. The maximum atomic E-state index is 12.9. The number of piperidine rings is 4. The van der Waals surface area contributed by atoms with Gasteiger partial charge in [-0.25, -0.2) is 9.59 Å². The molecule has 580 valence electrons. The lowest BCUT2D eigenvalue weighted by atomic mass is 9.59. The second kappa shape index (κ2) is 33.7. The van der Waals surface area contributed by atoms with E-state index in [4.69, 9.17) is 15.6 Å². The van der Waals surface area contributed by atoms with Crippen LogP contribution < -0.4 is 11.1 Å². The van der Waals surface area contributed by atoms with Crippen molar-refractivity contribution in [2.75, 3.05) is 59.0 Å². The maximum Gasteiger partial charge on any atom is 0.333 e. The van der Waals surface area contributed by atoms with Crippen LogP contribution >= 0.6 is 12.4 Å². The Labute approximate surface area is 632 Å². The average Bonchev–Trinajstić information content (AvgIpc) is 1.59. The number of carbonyl (C=O) groups excluding carboxylic acids is 7. The van der Waals surface area contributed by atoms with Crippen molar-refractivity contribution in [2.45, 2.75) is 289 Å². The third-order valence-corrected chi connectivity index (χ3v) is 31.5. The number of allylic oxidation sites excluding steroid dienone is 4. The summed E-state index contributed by atoms with van der Waals surface area (Å²) in [5.41, 5.74) is 10.5. The Morgan fingerprint density at radius 3 is 1.32 bits per heavy atom. The summed E-state index contributed by atoms with van der Waals surface area (Å²) in [4.78, 5) is 105. The Hall–Kier alpha value is -5.00. The molecule has 10 bridgehead atoms. The fraction of sp³-hybridized carbons (Fsp3) is 0.805. The molecule has 17 atom stereocenters. The number of esters is 1. The van der Waals surface area contributed by atoms with E-state index in [2.05, 4.69) is 27.5 Å². The first-order chi connectivity index (χ1) is 50.5. The van der Waals surface area contributed by atoms with Crippen molar-refractivity contribution in [1.82, 2.24) is 20.0 Å². The van der Waals surface area contributed by atoms with Crippen LogP contribution in [0.1, 0.15) is 283 Å². The molecule has 17 nitrogen and oxygen atoms in total. The van der Waals surface area contributed by atoms with Crippen molar-refractivity contribution >= 4 is 65.1 Å². The van der Waals surface area contributed by atoms with Gasteiger partial charge in [0.25, 0.3) is 0 Å². The average molecular weight is 1470 g/mol. The summed E-state index contributed by atoms with van der Waals surface area (Å²) < 4.78 is 5.08. The Kier molecular flexibility index (Phi) is 25.1. The molecule has 19 aliphatic rings. The van der Waals surface area contributed by atoms with E-state index in [-0.39, 0.29) is 69.6 Å². The fourth-order valence-electron chi connectivity index (χ4n) is 26.3. The number of fused-ring (bicyclic) bond motifs is 15. The predicted molar refractivity (Wildman–Crippen MR) is 408 cm³/mol. The van der Waals surface area contributed by atoms with Crippen molar-refractivity contribution in [1.29, 1.82) is 0 Å². The van der Waals surface area contributed by atoms with Gasteiger partial charge in [-0.3, -0.25) is 28.8 Å². The van der Waals surface area contributed by atoms with E-state index in [1.165, 1.54) is 129 Å². The lowest BCUT2D eigenvalue weighted by molar-refractivity contribution is -0.141. The molecule has 6 unspecified atom stereocenters. The molecule has 0 aromatic rings. The van der Waals surface area contributed by atoms with Crippen molar-refractivity contribution in [2.24, 2.45) is 103 Å². The highest BCUT2D eigenvalue weighted by molar-refractivity contribution is 6.00. The molecule has 4 heterocycles. The fourth-order valence-corrected chi connectivity index (χ4v) is 26.3. The number of amides is 3. The SMILES string of the molecule is C1CCNCC1.CCOC(=O)C1=CCCC2(C1)C(=O)[C@@H]1CC[C@H]2C1.Cl.N[C@H]1[C@@H]2CC[C@@H](C2)C12CCCC(C(=O)N1CCCCC1)C2.O=C(C1=CCCC2(C1)/C(=N\O)[C@@H]1CC[C@H]2C1)N1CCCCC1.O=C(C1=CCCC2(C1)C(=O)[C@@H]1CC[C@H]2C1)N1CCCCC1.O=C(O)C1=CCCC2(C1)C(=O)[C@@H]1CC[C@H]2C1. The summed E-state index contributed by atoms with van der Waals surface area (Å²) >= 11 is 0. The van der Waals surface area contributed by atoms with Crippen LogP contribution in [-0.2, 0) is 43.1 Å². The number of nitrogens with zero attached hydrogens (tertiary/aromatic N) is 4. The van der Waals surface area contributed by atoms with E-state index < -0.39 is 5.97 Å². The summed E-state index contributed by atoms with van der Waals surface area (Å²) in [5, 5.41) is 25.6. The number of ketones is 3. The molecular weight excluding hydrogens is 1340 g/mol. The molecule has 11 saturated carbocycles. The number of halogens is 1. The quantitative estimate of drug-likeness (QED) is 0.110. The number of aliphatic carboxylic acids is 1. The van der Waals surface area contributed by atoms with Crippen molar-refractivity contribution in [3.05, 3.63) is 46.6 Å². The zero-order valence-electron chi connectivity index (χ0n) is 63.9. The summed E-state index contributed by atoms with van der Waals surface area (Å²) in [6, 6.07) is 0.383. The summed E-state index contributed by atoms with van der Waals surface area (Å²) in [7, 11) is 0. The van der Waals surface area contributed by atoms with E-state index in [0.717, 1.165) is 221 Å². The first-order valence-electron chi connectivity index (χ1n) is 42.8. The second-order valence-electron chi connectivity index (χ2n) is 36.6. The first kappa shape index (κ1) is 78.1. The van der Waals surface area contributed by atoms with E-state index in [0.29, 0.717) is 95.2 Å². The van der Waals surface area contributed by atoms with Crippen LogP contribution in [0.15, 0.2) is 51.8 Å². The molecule has 4 aliphatic heterocycles. The van der Waals surface area contributed by atoms with Gasteiger partial charge in [0, 0.05) is 119 Å². The molecule has 0 aromatic heterocycles. The van der Waals surface area contributed by atoms with Crippen molar-refractivity contribution < 1.29 is 53.4 Å². The number of carboxylic acids is 1. The minimum atomic E-state index is -0.838. The minimum Gasteiger partial charge on any atom is -0.478 e. The van der Waals surface area contributed by atoms with Gasteiger partial charge in [-0.1, -0.05) is 42.3 Å². The topological polar surface area (TPSA) is 246 Å². The summed E-state index contributed by atoms with van der Waals surface area (Å²) in [6.07, 6.45) is 55.3. The lowest BCUT2D eigenvalue weighted by Crippen LogP contribution is -2.51. The number of hydrogen-bond acceptors (Lipinski definition) is 13. The van der Waals surface area contributed by atoms with Gasteiger partial charge >= 0.3 is 11.9 Å². The Bertz CT molecular complexity index is 3360. The highest BCUT2D eigenvalue weighted by Gasteiger charge is 2.63. The molecule has 3 amide bonds. The minimum absolute atomic E-state index is 0. The first-order valence-corrected chi connectivity index (χ1v) is 42.8. The Balaban J connectivity index is 0.000000114. The van der Waals surface area contributed by atoms with Crippen LogP contribution in [0.4, 0.5) is 0 Å². The Morgan fingerprint density at radius 2 is 0.895 bits per heavy atom. The number of Topliss-reactive ketones (excluding diaryl/α,β-unsaturated/α-hetero) is 3. The standard InChI is InChI=1S/C18H26N2O2.C18H30N2O.C18H25NO2.C15H20O3.C13H16O3.C5H11N.ClH/c21-17(20-9-2-1-3-10-20)14-5-4-8-18(12-14)15-7-6-13(11-15)16(18)19-22;19-16-13-6-7-15(11-13)18(16)8-4-5-14(12-18)17(21)20-9-2-1-3-10-20;20-16-13-6-7-15(11-13)18(16)8-4-5-14(12-18)17(21)19-9-2-1-3-10-19;1-2-18-14(17)11-4-3-7-15(9-11)12-6-5-10(8-12)13(15)16;14-11-8-3-4-10(6-8)13(11)5-1-2-9(7-13)12(15)16;1-2-4-6-5-3-1;/h5,13,15,22H,1-4,6-12H2;13-16H,1-12,19H2;5,13,15H,1-4,6-12H2;4,10,12H,2-3,5-9H2,1H3;2,8,10H,1,3-7H2,(H,15,16);6H,1-5H2;1H/b19-16-;;;;;;/t13-,15+,18?;13-,14?,15+,16+,18?;13-,15+,18?;10-,12+,15?;8-,10+,13?;;/m11111../s1. The predicted octanol–water partition coefficient (Wildman–Crippen LogP) is 15.4. The van der Waals surface area contributed by atoms with Crippen LogP contribution in [0.2, 0.25) is 0 Å². The van der Waals surface area contributed by atoms with Crippen LogP contribution in [0.25, 0.3) is 0 Å². The molecule has 105 heavy (non-hydrogen) atoms. The molecule has 5 N–H and O–H groups in total. The number of carboxylic acid groups (broad SMARTS) is 1. The zero-order chi connectivity index (χ0) is 72.4. The third kappa shape index (κ3) is 15.3. The summed E-state index contributed by atoms with van der Waals surface area (Å²) in [6.45, 7) is 10.4. The monoisotopic (exact) mass is 1470 g/mol. The molecule has 0 radical (unpaired) electrons. The van der Waals surface area contributed by atoms with Gasteiger partial charge in [0.05, 0.1) is 12.3 Å². The van der Waals surface area contributed by atoms with E-state index in [1.54, 1.807) is 6.08 Å². The number of hydrogen-bond donors (Lipinski definition) is 4. The summed E-state index contributed by atoms with van der Waals surface area (Å²) in [5.74, 6) is 6.56. The zero-order valence-corrected chi connectivity index (χ0v) is 64.7. The Morgan fingerprint density at radius 1 is 0.486 bits per heavy atom. The number of oxime groups is 1. The van der Waals surface area contributed by atoms with E-state index >= 15 is 0 Å². The van der Waals surface area contributed by atoms with Gasteiger partial charge in [-0.2, -0.15) is 0 Å². The maximum absolute atomic E-state index is 12.9. The molecule has 5 spiro atoms. The van der Waals surface area contributed by atoms with Crippen molar-refractivity contribution in [3.63, 3.8) is 0 Å². The molecule has 18 heteroatoms. The lowest BCUT2D eigenvalue weighted by Gasteiger charge is -2.48. The van der Waals surface area contributed by atoms with Crippen LogP contribution in [0, 0.1) is 92.2 Å². The van der Waals surface area contributed by atoms with Gasteiger partial charge in [0.15, 0.2) is 0 Å². The molecule has 0 aromatic carbocycles. The highest BCUT2D eigenvalue weighted by atomic mass is 35.5. The number of likely N-dealkylation sites (tertiary alicyclic amines) is 3. The molecular formula is C87H129ClN6O11. The van der Waals surface area contributed by atoms with Crippen LogP contribution in [-0.4, -0.2) is 143 Å². The largest absolute Gasteiger partial charge is 0.478 e. The van der Waals surface area contributed by atoms with Gasteiger partial charge in [0.1, 0.15) is 17.3 Å². The molecule has 4 saturated heterocycles. The molecule has 19 rings (SSSR count). The number of carbonyl (C=O) groups is 8. The van der Waals surface area contributed by atoms with E-state index in [1.807, 2.05) is 22.8 Å². The normalized spacial score (nSPS) is 39.5. The van der Waals surface area contributed by atoms with Gasteiger partial charge in [-0.15, -0.1) is 12.4 Å². The number of ether oxygens (including phenoxy) is 1. The van der Waals surface area contributed by atoms with Gasteiger partial charge in [-0.05, 0) is 324 Å².